The van der Waals surface area contributed by atoms with Crippen LogP contribution in [0.25, 0.3) is 33.4 Å². The second kappa shape index (κ2) is 8.75. The van der Waals surface area contributed by atoms with Crippen LogP contribution in [0.2, 0.25) is 0 Å². The van der Waals surface area contributed by atoms with Crippen molar-refractivity contribution in [1.82, 2.24) is 0 Å². The molecule has 0 aliphatic rings. The molecule has 140 valence electrons. The van der Waals surface area contributed by atoms with Crippen molar-refractivity contribution in [1.29, 1.82) is 0 Å². The molecular weight excluding hydrogens is 392 g/mol. The van der Waals surface area contributed by atoms with Crippen molar-refractivity contribution in [3.05, 3.63) is 107 Å². The minimum Gasteiger partial charge on any atom is -0.465 e. The van der Waals surface area contributed by atoms with Crippen LogP contribution in [0.1, 0.15) is 5.56 Å². The molecule has 0 aliphatic heterocycles. The molecule has 0 unspecified atom stereocenters. The standard InChI is InChI=1S/C19H13O3.C5H5.Fe/c1-12-9-18(20)22-19-15(12)10-14(13-5-2-3-6-13)11-16(19)17-7-4-8-21-17;1-2-4-5-3-1;/h2-11H,1H3;1-5H;/q2*-1;+2. The maximum atomic E-state index is 11.7. The number of furan rings is 1. The Kier molecular flexibility index (Phi) is 6.15. The zero-order valence-electron chi connectivity index (χ0n) is 15.2. The molecule has 0 fully saturated rings. The smallest absolute Gasteiger partial charge is 0.465 e. The number of rotatable bonds is 2. The first-order valence-electron chi connectivity index (χ1n) is 8.73. The second-order valence-corrected chi connectivity index (χ2v) is 6.26. The third kappa shape index (κ3) is 4.09. The molecule has 2 aromatic heterocycles. The molecule has 0 saturated heterocycles. The van der Waals surface area contributed by atoms with Crippen molar-refractivity contribution in [3.8, 4) is 22.5 Å². The molecule has 3 aromatic carbocycles. The molecular formula is C24H18FeO3. The van der Waals surface area contributed by atoms with E-state index in [9.17, 15) is 4.79 Å². The number of benzene rings is 1. The van der Waals surface area contributed by atoms with Crippen molar-refractivity contribution in [2.24, 2.45) is 0 Å². The normalized spacial score (nSPS) is 10.2. The Morgan fingerprint density at radius 2 is 1.71 bits per heavy atom. The average Bonchev–Trinajstić information content (AvgIpc) is 3.46. The van der Waals surface area contributed by atoms with Crippen LogP contribution < -0.4 is 5.63 Å². The van der Waals surface area contributed by atoms with Gasteiger partial charge in [-0.05, 0) is 30.0 Å². The van der Waals surface area contributed by atoms with E-state index in [2.05, 4.69) is 18.2 Å². The van der Waals surface area contributed by atoms with Crippen LogP contribution in [-0.4, -0.2) is 0 Å². The third-order valence-corrected chi connectivity index (χ3v) is 4.39. The maximum absolute atomic E-state index is 11.7. The number of aryl methyl sites for hydroxylation is 1. The van der Waals surface area contributed by atoms with Crippen molar-refractivity contribution in [3.63, 3.8) is 0 Å². The summed E-state index contributed by atoms with van der Waals surface area (Å²) in [6, 6.07) is 27.4. The van der Waals surface area contributed by atoms with Gasteiger partial charge in [0.1, 0.15) is 11.3 Å². The third-order valence-electron chi connectivity index (χ3n) is 4.39. The second-order valence-electron chi connectivity index (χ2n) is 6.26. The van der Waals surface area contributed by atoms with Crippen molar-refractivity contribution in [2.45, 2.75) is 6.92 Å². The largest absolute Gasteiger partial charge is 2.00 e. The molecule has 0 bridgehead atoms. The quantitative estimate of drug-likeness (QED) is 0.199. The van der Waals surface area contributed by atoms with Gasteiger partial charge in [-0.3, -0.25) is 0 Å². The molecule has 5 rings (SSSR count). The van der Waals surface area contributed by atoms with Gasteiger partial charge in [0.05, 0.1) is 6.26 Å². The van der Waals surface area contributed by atoms with E-state index in [-0.39, 0.29) is 22.7 Å². The van der Waals surface area contributed by atoms with Crippen LogP contribution in [0.3, 0.4) is 0 Å². The van der Waals surface area contributed by atoms with Crippen molar-refractivity contribution in [2.75, 3.05) is 0 Å². The van der Waals surface area contributed by atoms with Gasteiger partial charge in [0.25, 0.3) is 0 Å². The topological polar surface area (TPSA) is 43.4 Å². The Balaban J connectivity index is 0.000000329. The van der Waals surface area contributed by atoms with Crippen molar-refractivity contribution < 1.29 is 25.9 Å². The zero-order valence-corrected chi connectivity index (χ0v) is 16.3. The Morgan fingerprint density at radius 3 is 2.32 bits per heavy atom. The van der Waals surface area contributed by atoms with E-state index in [1.165, 1.54) is 6.07 Å². The van der Waals surface area contributed by atoms with E-state index in [4.69, 9.17) is 8.83 Å². The predicted molar refractivity (Wildman–Crippen MR) is 108 cm³/mol. The summed E-state index contributed by atoms with van der Waals surface area (Å²) >= 11 is 0. The van der Waals surface area contributed by atoms with E-state index in [0.29, 0.717) is 11.3 Å². The molecule has 0 saturated carbocycles. The Morgan fingerprint density at radius 1 is 0.964 bits per heavy atom. The molecule has 4 heteroatoms. The first kappa shape index (κ1) is 19.7. The van der Waals surface area contributed by atoms with E-state index in [1.54, 1.807) is 6.26 Å². The fraction of sp³-hybridized carbons (Fsp3) is 0.0417. The van der Waals surface area contributed by atoms with E-state index < -0.39 is 0 Å². The summed E-state index contributed by atoms with van der Waals surface area (Å²) in [5.74, 6) is 0.687. The van der Waals surface area contributed by atoms with Crippen LogP contribution >= 0.6 is 0 Å². The van der Waals surface area contributed by atoms with Gasteiger partial charge in [0.15, 0.2) is 0 Å². The van der Waals surface area contributed by atoms with Crippen molar-refractivity contribution >= 4 is 11.0 Å². The van der Waals surface area contributed by atoms with Gasteiger partial charge in [0.2, 0.25) is 0 Å². The first-order chi connectivity index (χ1) is 13.2. The average molecular weight is 410 g/mol. The molecule has 0 aliphatic carbocycles. The summed E-state index contributed by atoms with van der Waals surface area (Å²) in [4.78, 5) is 11.7. The van der Waals surface area contributed by atoms with Crippen LogP contribution in [0, 0.1) is 6.92 Å². The number of fused-ring (bicyclic) bond motifs is 1. The van der Waals surface area contributed by atoms with Gasteiger partial charge in [-0.2, -0.15) is 30.3 Å². The summed E-state index contributed by atoms with van der Waals surface area (Å²) < 4.78 is 11.0. The van der Waals surface area contributed by atoms with Crippen LogP contribution in [0.4, 0.5) is 0 Å². The minimum atomic E-state index is -0.348. The first-order valence-corrected chi connectivity index (χ1v) is 8.73. The van der Waals surface area contributed by atoms with Gasteiger partial charge >= 0.3 is 22.7 Å². The van der Waals surface area contributed by atoms with Crippen LogP contribution in [0.5, 0.6) is 0 Å². The molecule has 0 amide bonds. The number of hydrogen-bond donors (Lipinski definition) is 0. The molecule has 0 spiro atoms. The zero-order chi connectivity index (χ0) is 18.6. The molecule has 5 aromatic rings. The molecule has 28 heavy (non-hydrogen) atoms. The summed E-state index contributed by atoms with van der Waals surface area (Å²) in [6.07, 6.45) is 1.62. The Hall–Kier alpha value is -3.07. The molecule has 0 radical (unpaired) electrons. The van der Waals surface area contributed by atoms with Crippen LogP contribution in [-0.2, 0) is 17.1 Å². The Bertz CT molecular complexity index is 1160. The van der Waals surface area contributed by atoms with Gasteiger partial charge in [-0.1, -0.05) is 5.56 Å². The fourth-order valence-electron chi connectivity index (χ4n) is 3.09. The summed E-state index contributed by atoms with van der Waals surface area (Å²) in [5.41, 5.74) is 4.10. The SMILES string of the molecule is Cc1cc(=O)oc2c(-c3ccco3)cc(-[c-]3cccc3)cc12.[Fe+2].c1cc[cH-]c1. The van der Waals surface area contributed by atoms with Crippen LogP contribution in [0.15, 0.2) is 105 Å². The maximum Gasteiger partial charge on any atom is 2.00 e. The molecule has 3 nitrogen and oxygen atoms in total. The monoisotopic (exact) mass is 410 g/mol. The fourth-order valence-corrected chi connectivity index (χ4v) is 3.09. The predicted octanol–water partition coefficient (Wildman–Crippen LogP) is 6.15. The van der Waals surface area contributed by atoms with E-state index in [1.807, 2.05) is 67.6 Å². The minimum absolute atomic E-state index is 0. The Labute approximate surface area is 173 Å². The summed E-state index contributed by atoms with van der Waals surface area (Å²) in [6.45, 7) is 1.92. The van der Waals surface area contributed by atoms with Gasteiger partial charge in [0, 0.05) is 11.6 Å². The molecule has 0 N–H and O–H groups in total. The summed E-state index contributed by atoms with van der Waals surface area (Å²) in [5, 5.41) is 0.921. The van der Waals surface area contributed by atoms with E-state index >= 15 is 0 Å². The van der Waals surface area contributed by atoms with Gasteiger partial charge < -0.3 is 8.83 Å². The summed E-state index contributed by atoms with van der Waals surface area (Å²) in [7, 11) is 0. The number of hydrogen-bond acceptors (Lipinski definition) is 3. The van der Waals surface area contributed by atoms with Gasteiger partial charge in [-0.15, -0.1) is 29.8 Å². The van der Waals surface area contributed by atoms with E-state index in [0.717, 1.165) is 27.6 Å². The van der Waals surface area contributed by atoms with Gasteiger partial charge in [-0.25, -0.2) is 16.9 Å². The molecule has 0 atom stereocenters. The molecule has 2 heterocycles.